The van der Waals surface area contributed by atoms with Crippen LogP contribution >= 0.6 is 0 Å². The van der Waals surface area contributed by atoms with Crippen LogP contribution < -0.4 is 20.3 Å². The summed E-state index contributed by atoms with van der Waals surface area (Å²) in [6, 6.07) is 8.69. The molecule has 1 aromatic carbocycles. The maximum atomic E-state index is 5.51. The summed E-state index contributed by atoms with van der Waals surface area (Å²) in [6.07, 6.45) is 6.78. The predicted octanol–water partition coefficient (Wildman–Crippen LogP) is 2.63. The first-order chi connectivity index (χ1) is 12.2. The Labute approximate surface area is 150 Å². The van der Waals surface area contributed by atoms with Crippen LogP contribution in [-0.4, -0.2) is 45.8 Å². The van der Waals surface area contributed by atoms with Gasteiger partial charge in [0.15, 0.2) is 5.96 Å². The van der Waals surface area contributed by atoms with Gasteiger partial charge >= 0.3 is 0 Å². The molecule has 0 aromatic heterocycles. The van der Waals surface area contributed by atoms with Crippen LogP contribution in [0.5, 0.6) is 5.75 Å². The number of para-hydroxylation sites is 2. The predicted molar refractivity (Wildman–Crippen MR) is 103 cm³/mol. The molecule has 0 radical (unpaired) electrons. The first kappa shape index (κ1) is 16.6. The molecule has 1 aliphatic heterocycles. The summed E-state index contributed by atoms with van der Waals surface area (Å²) in [5, 5.41) is 7.21. The lowest BCUT2D eigenvalue weighted by molar-refractivity contribution is 0.415. The van der Waals surface area contributed by atoms with Crippen LogP contribution in [0.1, 0.15) is 32.1 Å². The van der Waals surface area contributed by atoms with Crippen LogP contribution in [0.4, 0.5) is 5.69 Å². The first-order valence-electron chi connectivity index (χ1n) is 9.59. The Morgan fingerprint density at radius 2 is 2.08 bits per heavy atom. The van der Waals surface area contributed by atoms with Crippen LogP contribution in [0, 0.1) is 11.3 Å². The van der Waals surface area contributed by atoms with Crippen molar-refractivity contribution in [3.8, 4) is 5.75 Å². The van der Waals surface area contributed by atoms with Gasteiger partial charge in [0.05, 0.1) is 12.8 Å². The van der Waals surface area contributed by atoms with Crippen molar-refractivity contribution in [3.63, 3.8) is 0 Å². The molecule has 2 aliphatic carbocycles. The fourth-order valence-electron chi connectivity index (χ4n) is 4.22. The molecule has 1 atom stereocenters. The lowest BCUT2D eigenvalue weighted by Crippen LogP contribution is -2.46. The number of hydrogen-bond acceptors (Lipinski definition) is 3. The smallest absolute Gasteiger partial charge is 0.191 e. The molecule has 4 rings (SSSR count). The lowest BCUT2D eigenvalue weighted by Gasteiger charge is -2.23. The molecule has 1 saturated heterocycles. The molecule has 0 amide bonds. The molecule has 0 spiro atoms. The minimum Gasteiger partial charge on any atom is -0.495 e. The first-order valence-corrected chi connectivity index (χ1v) is 9.59. The van der Waals surface area contributed by atoms with Gasteiger partial charge in [-0.15, -0.1) is 0 Å². The molecule has 2 saturated carbocycles. The second-order valence-electron chi connectivity index (χ2n) is 7.81. The van der Waals surface area contributed by atoms with Crippen LogP contribution in [0.15, 0.2) is 29.3 Å². The van der Waals surface area contributed by atoms with Gasteiger partial charge in [-0.3, -0.25) is 4.99 Å². The summed E-state index contributed by atoms with van der Waals surface area (Å²) >= 11 is 0. The number of ether oxygens (including phenoxy) is 1. The molecule has 3 fully saturated rings. The van der Waals surface area contributed by atoms with Gasteiger partial charge in [-0.2, -0.15) is 0 Å². The highest BCUT2D eigenvalue weighted by atomic mass is 16.5. The number of nitrogens with one attached hydrogen (secondary N) is 2. The van der Waals surface area contributed by atoms with Gasteiger partial charge in [0.1, 0.15) is 5.75 Å². The van der Waals surface area contributed by atoms with Crippen LogP contribution in [-0.2, 0) is 0 Å². The van der Waals surface area contributed by atoms with Crippen molar-refractivity contribution >= 4 is 11.6 Å². The normalized spacial score (nSPS) is 25.0. The number of hydrogen-bond donors (Lipinski definition) is 2. The summed E-state index contributed by atoms with van der Waals surface area (Å²) in [6.45, 7) is 3.11. The molecule has 1 heterocycles. The van der Waals surface area contributed by atoms with E-state index in [4.69, 9.17) is 4.74 Å². The van der Waals surface area contributed by atoms with Crippen molar-refractivity contribution < 1.29 is 4.74 Å². The van der Waals surface area contributed by atoms with E-state index in [1.165, 1.54) is 31.4 Å². The monoisotopic (exact) mass is 342 g/mol. The highest BCUT2D eigenvalue weighted by Crippen LogP contribution is 2.60. The molecule has 1 aromatic rings. The summed E-state index contributed by atoms with van der Waals surface area (Å²) in [5.74, 6) is 2.88. The molecule has 0 bridgehead atoms. The van der Waals surface area contributed by atoms with E-state index in [9.17, 15) is 0 Å². The van der Waals surface area contributed by atoms with E-state index in [1.54, 1.807) is 7.11 Å². The summed E-state index contributed by atoms with van der Waals surface area (Å²) in [7, 11) is 3.61. The average molecular weight is 342 g/mol. The third-order valence-electron chi connectivity index (χ3n) is 6.12. The highest BCUT2D eigenvalue weighted by Gasteiger charge is 2.53. The van der Waals surface area contributed by atoms with E-state index in [-0.39, 0.29) is 0 Å². The molecule has 3 aliphatic rings. The molecule has 2 N–H and O–H groups in total. The topological polar surface area (TPSA) is 48.9 Å². The van der Waals surface area contributed by atoms with Gasteiger partial charge in [0.2, 0.25) is 0 Å². The standard InChI is InChI=1S/C20H30N4O/c1-21-19(22-14-20(10-11-20)15-7-8-15)23-16-9-12-24(13-16)17-5-3-4-6-18(17)25-2/h3-6,15-16H,7-14H2,1-2H3,(H2,21,22,23). The van der Waals surface area contributed by atoms with E-state index in [2.05, 4.69) is 32.7 Å². The number of nitrogens with zero attached hydrogens (tertiary/aromatic N) is 2. The maximum Gasteiger partial charge on any atom is 0.191 e. The molecular formula is C20H30N4O. The quantitative estimate of drug-likeness (QED) is 0.616. The zero-order chi connectivity index (χ0) is 17.3. The zero-order valence-electron chi connectivity index (χ0n) is 15.4. The third kappa shape index (κ3) is 3.55. The molecular weight excluding hydrogens is 312 g/mol. The minimum absolute atomic E-state index is 0.423. The van der Waals surface area contributed by atoms with Gasteiger partial charge in [-0.1, -0.05) is 12.1 Å². The Bertz CT molecular complexity index is 636. The number of rotatable bonds is 6. The average Bonchev–Trinajstić information content (AvgIpc) is 3.56. The fraction of sp³-hybridized carbons (Fsp3) is 0.650. The van der Waals surface area contributed by atoms with Gasteiger partial charge in [0.25, 0.3) is 0 Å². The van der Waals surface area contributed by atoms with Gasteiger partial charge in [-0.25, -0.2) is 0 Å². The van der Waals surface area contributed by atoms with Crippen molar-refractivity contribution in [3.05, 3.63) is 24.3 Å². The largest absolute Gasteiger partial charge is 0.495 e. The number of anilines is 1. The molecule has 136 valence electrons. The van der Waals surface area contributed by atoms with Crippen molar-refractivity contribution in [2.24, 2.45) is 16.3 Å². The molecule has 5 heteroatoms. The third-order valence-corrected chi connectivity index (χ3v) is 6.12. The number of guanidine groups is 1. The van der Waals surface area contributed by atoms with Crippen LogP contribution in [0.2, 0.25) is 0 Å². The summed E-state index contributed by atoms with van der Waals surface area (Å²) in [5.41, 5.74) is 1.78. The SMILES string of the molecule is CN=C(NCC1(C2CC2)CC1)NC1CCN(c2ccccc2OC)C1. The van der Waals surface area contributed by atoms with E-state index in [0.29, 0.717) is 11.5 Å². The number of aliphatic imine (C=N–C) groups is 1. The van der Waals surface area contributed by atoms with E-state index in [1.807, 2.05) is 19.2 Å². The fourth-order valence-corrected chi connectivity index (χ4v) is 4.22. The second kappa shape index (κ2) is 6.77. The number of benzene rings is 1. The van der Waals surface area contributed by atoms with Gasteiger partial charge in [0, 0.05) is 32.7 Å². The Hall–Kier alpha value is -1.91. The van der Waals surface area contributed by atoms with Crippen LogP contribution in [0.3, 0.4) is 0 Å². The Kier molecular flexibility index (Phi) is 4.48. The second-order valence-corrected chi connectivity index (χ2v) is 7.81. The molecule has 25 heavy (non-hydrogen) atoms. The van der Waals surface area contributed by atoms with Crippen molar-refractivity contribution in [2.45, 2.75) is 38.1 Å². The van der Waals surface area contributed by atoms with Crippen molar-refractivity contribution in [1.82, 2.24) is 10.6 Å². The molecule has 1 unspecified atom stereocenters. The lowest BCUT2D eigenvalue weighted by atomic mass is 10.0. The van der Waals surface area contributed by atoms with Crippen molar-refractivity contribution in [1.29, 1.82) is 0 Å². The van der Waals surface area contributed by atoms with Crippen LogP contribution in [0.25, 0.3) is 0 Å². The zero-order valence-corrected chi connectivity index (χ0v) is 15.4. The molecule has 5 nitrogen and oxygen atoms in total. The van der Waals surface area contributed by atoms with Gasteiger partial charge < -0.3 is 20.3 Å². The summed E-state index contributed by atoms with van der Waals surface area (Å²) in [4.78, 5) is 6.84. The van der Waals surface area contributed by atoms with Gasteiger partial charge in [-0.05, 0) is 55.6 Å². The minimum atomic E-state index is 0.423. The van der Waals surface area contributed by atoms with E-state index in [0.717, 1.165) is 43.7 Å². The Balaban J connectivity index is 1.30. The summed E-state index contributed by atoms with van der Waals surface area (Å²) < 4.78 is 5.51. The Morgan fingerprint density at radius 3 is 2.76 bits per heavy atom. The van der Waals surface area contributed by atoms with Crippen molar-refractivity contribution in [2.75, 3.05) is 38.7 Å². The maximum absolute atomic E-state index is 5.51. The highest BCUT2D eigenvalue weighted by molar-refractivity contribution is 5.80. The Morgan fingerprint density at radius 1 is 1.28 bits per heavy atom. The van der Waals surface area contributed by atoms with E-state index >= 15 is 0 Å². The van der Waals surface area contributed by atoms with E-state index < -0.39 is 0 Å². The number of methoxy groups -OCH3 is 1.